The molecular weight excluding hydrogens is 244 g/mol. The number of aromatic carboxylic acids is 1. The van der Waals surface area contributed by atoms with Crippen LogP contribution in [0.5, 0.6) is 5.75 Å². The van der Waals surface area contributed by atoms with E-state index in [0.29, 0.717) is 18.6 Å². The van der Waals surface area contributed by atoms with Gasteiger partial charge in [-0.05, 0) is 52.9 Å². The second-order valence-electron chi connectivity index (χ2n) is 4.39. The maximum Gasteiger partial charge on any atom is 0.335 e. The number of hydrogen-bond donors (Lipinski definition) is 1. The summed E-state index contributed by atoms with van der Waals surface area (Å²) in [7, 11) is 0. The van der Waals surface area contributed by atoms with Crippen molar-refractivity contribution in [3.05, 3.63) is 53.1 Å². The molecule has 1 aliphatic carbocycles. The highest BCUT2D eigenvalue weighted by Crippen LogP contribution is 2.38. The molecule has 94 valence electrons. The minimum Gasteiger partial charge on any atom is -0.478 e. The van der Waals surface area contributed by atoms with Gasteiger partial charge >= 0.3 is 5.97 Å². The molecule has 0 bridgehead atoms. The van der Waals surface area contributed by atoms with Crippen molar-refractivity contribution in [3.8, 4) is 16.9 Å². The van der Waals surface area contributed by atoms with Crippen LogP contribution in [0.4, 0.5) is 0 Å². The van der Waals surface area contributed by atoms with Gasteiger partial charge in [-0.2, -0.15) is 0 Å². The van der Waals surface area contributed by atoms with Crippen LogP contribution < -0.4 is 4.74 Å². The molecule has 0 heterocycles. The van der Waals surface area contributed by atoms with Gasteiger partial charge in [0, 0.05) is 0 Å². The molecule has 2 aromatic carbocycles. The quantitative estimate of drug-likeness (QED) is 0.729. The Morgan fingerprint density at radius 2 is 1.79 bits per heavy atom. The lowest BCUT2D eigenvalue weighted by molar-refractivity contribution is -0.120. The summed E-state index contributed by atoms with van der Waals surface area (Å²) in [6, 6.07) is 10.5. The third-order valence-corrected chi connectivity index (χ3v) is 3.28. The van der Waals surface area contributed by atoms with Gasteiger partial charge < -0.3 is 9.84 Å². The van der Waals surface area contributed by atoms with E-state index < -0.39 is 5.97 Å². The minimum atomic E-state index is -0.927. The van der Waals surface area contributed by atoms with Gasteiger partial charge in [-0.15, -0.1) is 0 Å². The van der Waals surface area contributed by atoms with Crippen molar-refractivity contribution in [1.82, 2.24) is 0 Å². The number of rotatable bonds is 3. The molecule has 0 radical (unpaired) electrons. The minimum absolute atomic E-state index is 0.288. The van der Waals surface area contributed by atoms with E-state index in [1.54, 1.807) is 18.2 Å². The fraction of sp³-hybridized carbons (Fsp3) is 0.0667. The Balaban J connectivity index is 2.05. The van der Waals surface area contributed by atoms with Gasteiger partial charge in [0.1, 0.15) is 5.75 Å². The Bertz CT molecular complexity index is 689. The molecule has 0 unspecified atom stereocenters. The molecule has 4 nitrogen and oxygen atoms in total. The average Bonchev–Trinajstić information content (AvgIpc) is 2.75. The Morgan fingerprint density at radius 1 is 1.11 bits per heavy atom. The summed E-state index contributed by atoms with van der Waals surface area (Å²) in [6.07, 6.45) is 0.655. The van der Waals surface area contributed by atoms with Crippen LogP contribution in [0.3, 0.4) is 0 Å². The predicted molar refractivity (Wildman–Crippen MR) is 68.3 cm³/mol. The summed E-state index contributed by atoms with van der Waals surface area (Å²) >= 11 is 0. The number of hydrogen-bond acceptors (Lipinski definition) is 3. The highest BCUT2D eigenvalue weighted by Gasteiger charge is 2.20. The van der Waals surface area contributed by atoms with E-state index in [1.165, 1.54) is 0 Å². The van der Waals surface area contributed by atoms with Crippen molar-refractivity contribution >= 4 is 12.4 Å². The maximum atomic E-state index is 11.0. The van der Waals surface area contributed by atoms with Crippen LogP contribution in [0.2, 0.25) is 0 Å². The molecule has 19 heavy (non-hydrogen) atoms. The molecule has 0 saturated heterocycles. The number of carboxylic acids is 1. The normalized spacial score (nSPS) is 11.6. The largest absolute Gasteiger partial charge is 0.478 e. The van der Waals surface area contributed by atoms with Gasteiger partial charge in [-0.3, -0.25) is 4.79 Å². The highest BCUT2D eigenvalue weighted by molar-refractivity contribution is 5.90. The predicted octanol–water partition coefficient (Wildman–Crippen LogP) is 2.49. The van der Waals surface area contributed by atoms with Crippen LogP contribution in [0, 0.1) is 0 Å². The van der Waals surface area contributed by atoms with E-state index in [9.17, 15) is 9.59 Å². The molecule has 0 spiro atoms. The van der Waals surface area contributed by atoms with Crippen molar-refractivity contribution in [2.45, 2.75) is 6.42 Å². The summed E-state index contributed by atoms with van der Waals surface area (Å²) in [5.41, 5.74) is 4.41. The zero-order chi connectivity index (χ0) is 13.4. The lowest BCUT2D eigenvalue weighted by atomic mass is 10.0. The van der Waals surface area contributed by atoms with E-state index in [-0.39, 0.29) is 5.56 Å². The Morgan fingerprint density at radius 3 is 2.47 bits per heavy atom. The van der Waals surface area contributed by atoms with Gasteiger partial charge in [0.25, 0.3) is 6.47 Å². The van der Waals surface area contributed by atoms with E-state index in [0.717, 1.165) is 22.3 Å². The molecule has 0 aromatic heterocycles. The molecule has 0 amide bonds. The topological polar surface area (TPSA) is 63.6 Å². The van der Waals surface area contributed by atoms with Crippen LogP contribution >= 0.6 is 0 Å². The fourth-order valence-corrected chi connectivity index (χ4v) is 2.45. The van der Waals surface area contributed by atoms with Crippen LogP contribution in [0.1, 0.15) is 21.5 Å². The lowest BCUT2D eigenvalue weighted by Crippen LogP contribution is -1.96. The van der Waals surface area contributed by atoms with Crippen molar-refractivity contribution in [2.75, 3.05) is 0 Å². The number of ether oxygens (including phenoxy) is 1. The van der Waals surface area contributed by atoms with Gasteiger partial charge in [0.2, 0.25) is 0 Å². The first-order chi connectivity index (χ1) is 9.19. The number of carbonyl (C=O) groups is 2. The SMILES string of the molecule is O=COc1ccc2c(c1)Cc1cc(C(=O)O)ccc1-2. The van der Waals surface area contributed by atoms with Crippen molar-refractivity contribution in [3.63, 3.8) is 0 Å². The average molecular weight is 254 g/mol. The first-order valence-electron chi connectivity index (χ1n) is 5.79. The van der Waals surface area contributed by atoms with Crippen molar-refractivity contribution in [2.24, 2.45) is 0 Å². The monoisotopic (exact) mass is 254 g/mol. The summed E-state index contributed by atoms with van der Waals surface area (Å²) in [4.78, 5) is 21.3. The van der Waals surface area contributed by atoms with E-state index >= 15 is 0 Å². The summed E-state index contributed by atoms with van der Waals surface area (Å²) in [6.45, 7) is 0.395. The van der Waals surface area contributed by atoms with E-state index in [4.69, 9.17) is 9.84 Å². The van der Waals surface area contributed by atoms with Crippen LogP contribution in [-0.4, -0.2) is 17.5 Å². The number of carbonyl (C=O) groups excluding carboxylic acids is 1. The lowest BCUT2D eigenvalue weighted by Gasteiger charge is -2.03. The van der Waals surface area contributed by atoms with Gasteiger partial charge in [0.15, 0.2) is 0 Å². The molecule has 4 heteroatoms. The molecule has 1 aliphatic rings. The standard InChI is InChI=1S/C15H10O4/c16-8-19-12-2-4-14-11(7-12)6-10-5-9(15(17)18)1-3-13(10)14/h1-5,7-8H,6H2,(H,17,18). The van der Waals surface area contributed by atoms with E-state index in [2.05, 4.69) is 0 Å². The smallest absolute Gasteiger partial charge is 0.335 e. The first-order valence-corrected chi connectivity index (χ1v) is 5.79. The second-order valence-corrected chi connectivity index (χ2v) is 4.39. The molecule has 0 atom stereocenters. The van der Waals surface area contributed by atoms with Gasteiger partial charge in [-0.1, -0.05) is 12.1 Å². The first kappa shape index (κ1) is 11.5. The number of fused-ring (bicyclic) bond motifs is 3. The van der Waals surface area contributed by atoms with Crippen molar-refractivity contribution in [1.29, 1.82) is 0 Å². The Hall–Kier alpha value is -2.62. The third kappa shape index (κ3) is 1.87. The summed E-state index contributed by atoms with van der Waals surface area (Å²) in [5.74, 6) is -0.427. The van der Waals surface area contributed by atoms with Crippen molar-refractivity contribution < 1.29 is 19.4 Å². The molecule has 1 N–H and O–H groups in total. The molecule has 2 aromatic rings. The van der Waals surface area contributed by atoms with Gasteiger partial charge in [-0.25, -0.2) is 4.79 Å². The summed E-state index contributed by atoms with van der Waals surface area (Å²) < 4.78 is 4.82. The Kier molecular flexibility index (Phi) is 2.56. The highest BCUT2D eigenvalue weighted by atomic mass is 16.5. The Labute approximate surface area is 109 Å². The zero-order valence-corrected chi connectivity index (χ0v) is 9.92. The van der Waals surface area contributed by atoms with Gasteiger partial charge in [0.05, 0.1) is 5.56 Å². The molecular formula is C15H10O4. The number of benzene rings is 2. The molecule has 0 saturated carbocycles. The maximum absolute atomic E-state index is 11.0. The molecule has 0 aliphatic heterocycles. The second kappa shape index (κ2) is 4.24. The zero-order valence-electron chi connectivity index (χ0n) is 9.92. The molecule has 0 fully saturated rings. The molecule has 3 rings (SSSR count). The van der Waals surface area contributed by atoms with Crippen LogP contribution in [0.25, 0.3) is 11.1 Å². The summed E-state index contributed by atoms with van der Waals surface area (Å²) in [5, 5.41) is 8.99. The fourth-order valence-electron chi connectivity index (χ4n) is 2.45. The van der Waals surface area contributed by atoms with Crippen LogP contribution in [-0.2, 0) is 11.2 Å². The van der Waals surface area contributed by atoms with Crippen LogP contribution in [0.15, 0.2) is 36.4 Å². The number of carboxylic acid groups (broad SMARTS) is 1. The third-order valence-electron chi connectivity index (χ3n) is 3.28. The van der Waals surface area contributed by atoms with E-state index in [1.807, 2.05) is 18.2 Å².